The molecule has 1 unspecified atom stereocenters. The third kappa shape index (κ3) is 2.56. The van der Waals surface area contributed by atoms with Crippen LogP contribution in [0.25, 0.3) is 5.65 Å². The molecule has 0 bridgehead atoms. The zero-order valence-electron chi connectivity index (χ0n) is 12.1. The maximum absolute atomic E-state index is 4.61. The summed E-state index contributed by atoms with van der Waals surface area (Å²) in [6.07, 6.45) is 8.13. The molecule has 0 saturated carbocycles. The Morgan fingerprint density at radius 1 is 1.45 bits per heavy atom. The van der Waals surface area contributed by atoms with Gasteiger partial charge in [-0.05, 0) is 25.9 Å². The zero-order chi connectivity index (χ0) is 13.9. The van der Waals surface area contributed by atoms with Crippen LogP contribution in [0.4, 0.5) is 11.6 Å². The lowest BCUT2D eigenvalue weighted by atomic mass is 10.1. The summed E-state index contributed by atoms with van der Waals surface area (Å²) in [5.41, 5.74) is 0.887. The minimum Gasteiger partial charge on any atom is -0.372 e. The van der Waals surface area contributed by atoms with Crippen molar-refractivity contribution in [2.24, 2.45) is 0 Å². The first-order chi connectivity index (χ1) is 9.80. The Morgan fingerprint density at radius 2 is 2.35 bits per heavy atom. The fourth-order valence-electron chi connectivity index (χ4n) is 2.80. The number of likely N-dealkylation sites (N-methyl/N-ethyl adjacent to an activating group) is 1. The molecule has 1 fully saturated rings. The Kier molecular flexibility index (Phi) is 3.73. The van der Waals surface area contributed by atoms with Gasteiger partial charge < -0.3 is 19.9 Å². The second-order valence-electron chi connectivity index (χ2n) is 5.26. The van der Waals surface area contributed by atoms with Gasteiger partial charge in [0.2, 0.25) is 0 Å². The number of anilines is 2. The van der Waals surface area contributed by atoms with Gasteiger partial charge in [-0.25, -0.2) is 9.97 Å². The summed E-state index contributed by atoms with van der Waals surface area (Å²) in [7, 11) is 1.88. The van der Waals surface area contributed by atoms with Gasteiger partial charge in [-0.3, -0.25) is 0 Å². The van der Waals surface area contributed by atoms with Crippen LogP contribution in [0.5, 0.6) is 0 Å². The fraction of sp³-hybridized carbons (Fsp3) is 0.571. The Hall–Kier alpha value is -1.82. The van der Waals surface area contributed by atoms with Gasteiger partial charge in [0.15, 0.2) is 11.5 Å². The number of nitrogens with one attached hydrogen (secondary N) is 2. The molecule has 0 radical (unpaired) electrons. The Balaban J connectivity index is 1.84. The Labute approximate surface area is 119 Å². The lowest BCUT2D eigenvalue weighted by Crippen LogP contribution is -2.42. The van der Waals surface area contributed by atoms with Gasteiger partial charge in [0.1, 0.15) is 5.82 Å². The minimum atomic E-state index is 0.448. The zero-order valence-corrected chi connectivity index (χ0v) is 12.1. The Morgan fingerprint density at radius 3 is 3.15 bits per heavy atom. The highest BCUT2D eigenvalue weighted by atomic mass is 15.2. The van der Waals surface area contributed by atoms with E-state index in [9.17, 15) is 0 Å². The molecular formula is C14H22N6. The van der Waals surface area contributed by atoms with Crippen molar-refractivity contribution in [2.75, 3.05) is 37.3 Å². The van der Waals surface area contributed by atoms with E-state index in [1.807, 2.05) is 23.8 Å². The highest BCUT2D eigenvalue weighted by Gasteiger charge is 2.20. The van der Waals surface area contributed by atoms with E-state index in [2.05, 4.69) is 32.4 Å². The summed E-state index contributed by atoms with van der Waals surface area (Å²) in [6.45, 7) is 5.61. The van der Waals surface area contributed by atoms with Gasteiger partial charge in [-0.2, -0.15) is 0 Å². The number of nitrogens with zero attached hydrogens (tertiary/aromatic N) is 4. The second kappa shape index (κ2) is 5.66. The summed E-state index contributed by atoms with van der Waals surface area (Å²) < 4.78 is 2.00. The van der Waals surface area contributed by atoms with Gasteiger partial charge in [-0.15, -0.1) is 0 Å². The van der Waals surface area contributed by atoms with Crippen LogP contribution in [0.3, 0.4) is 0 Å². The Bertz CT molecular complexity index is 578. The van der Waals surface area contributed by atoms with Crippen LogP contribution in [0.2, 0.25) is 0 Å². The van der Waals surface area contributed by atoms with E-state index in [-0.39, 0.29) is 0 Å². The summed E-state index contributed by atoms with van der Waals surface area (Å²) in [6, 6.07) is 0.448. The third-order valence-corrected chi connectivity index (χ3v) is 3.92. The molecule has 1 atom stereocenters. The normalized spacial score (nSPS) is 20.2. The summed E-state index contributed by atoms with van der Waals surface area (Å²) in [4.78, 5) is 11.5. The van der Waals surface area contributed by atoms with Gasteiger partial charge in [0.05, 0.1) is 6.20 Å². The predicted molar refractivity (Wildman–Crippen MR) is 81.3 cm³/mol. The van der Waals surface area contributed by atoms with E-state index in [1.54, 1.807) is 6.20 Å². The van der Waals surface area contributed by atoms with Crippen molar-refractivity contribution in [1.82, 2.24) is 19.3 Å². The standard InChI is InChI=1S/C14H22N6/c1-3-19-7-4-5-11(9-19)17-13-14-16-6-8-20(14)10-12(15-2)18-13/h6,8,10-11,15H,3-5,7,9H2,1-2H3,(H,17,18). The van der Waals surface area contributed by atoms with Crippen molar-refractivity contribution in [2.45, 2.75) is 25.8 Å². The van der Waals surface area contributed by atoms with Crippen molar-refractivity contribution >= 4 is 17.3 Å². The van der Waals surface area contributed by atoms with Crippen molar-refractivity contribution < 1.29 is 0 Å². The monoisotopic (exact) mass is 274 g/mol. The highest BCUT2D eigenvalue weighted by Crippen LogP contribution is 2.20. The molecule has 3 heterocycles. The number of piperidine rings is 1. The molecule has 1 saturated heterocycles. The van der Waals surface area contributed by atoms with Gasteiger partial charge in [0.25, 0.3) is 0 Å². The summed E-state index contributed by atoms with van der Waals surface area (Å²) in [5, 5.41) is 6.67. The third-order valence-electron chi connectivity index (χ3n) is 3.92. The molecule has 20 heavy (non-hydrogen) atoms. The molecule has 0 aromatic carbocycles. The number of hydrogen-bond donors (Lipinski definition) is 2. The van der Waals surface area contributed by atoms with Crippen molar-refractivity contribution in [3.63, 3.8) is 0 Å². The molecule has 2 aromatic heterocycles. The average molecular weight is 274 g/mol. The summed E-state index contributed by atoms with van der Waals surface area (Å²) >= 11 is 0. The van der Waals surface area contributed by atoms with E-state index < -0.39 is 0 Å². The van der Waals surface area contributed by atoms with E-state index in [0.29, 0.717) is 6.04 Å². The van der Waals surface area contributed by atoms with Crippen LogP contribution < -0.4 is 10.6 Å². The first-order valence-corrected chi connectivity index (χ1v) is 7.30. The highest BCUT2D eigenvalue weighted by molar-refractivity contribution is 5.65. The van der Waals surface area contributed by atoms with Gasteiger partial charge >= 0.3 is 0 Å². The first-order valence-electron chi connectivity index (χ1n) is 7.30. The van der Waals surface area contributed by atoms with Crippen LogP contribution in [0.15, 0.2) is 18.6 Å². The molecule has 6 heteroatoms. The van der Waals surface area contributed by atoms with Crippen molar-refractivity contribution in [1.29, 1.82) is 0 Å². The van der Waals surface area contributed by atoms with Crippen LogP contribution >= 0.6 is 0 Å². The van der Waals surface area contributed by atoms with Gasteiger partial charge in [-0.1, -0.05) is 6.92 Å². The lowest BCUT2D eigenvalue weighted by Gasteiger charge is -2.32. The maximum Gasteiger partial charge on any atom is 0.180 e. The minimum absolute atomic E-state index is 0.448. The second-order valence-corrected chi connectivity index (χ2v) is 5.26. The van der Waals surface area contributed by atoms with E-state index in [0.717, 1.165) is 30.4 Å². The van der Waals surface area contributed by atoms with Crippen molar-refractivity contribution in [3.05, 3.63) is 18.6 Å². The van der Waals surface area contributed by atoms with E-state index in [4.69, 9.17) is 0 Å². The topological polar surface area (TPSA) is 57.5 Å². The van der Waals surface area contributed by atoms with E-state index >= 15 is 0 Å². The molecule has 6 nitrogen and oxygen atoms in total. The van der Waals surface area contributed by atoms with Crippen LogP contribution in [-0.4, -0.2) is 52.0 Å². The molecule has 0 aliphatic carbocycles. The van der Waals surface area contributed by atoms with Crippen LogP contribution in [0, 0.1) is 0 Å². The largest absolute Gasteiger partial charge is 0.372 e. The van der Waals surface area contributed by atoms with E-state index in [1.165, 1.54) is 19.4 Å². The molecule has 0 amide bonds. The van der Waals surface area contributed by atoms with Gasteiger partial charge in [0, 0.05) is 32.0 Å². The molecule has 0 spiro atoms. The predicted octanol–water partition coefficient (Wildman–Crippen LogP) is 1.67. The molecule has 2 aromatic rings. The van der Waals surface area contributed by atoms with Crippen molar-refractivity contribution in [3.8, 4) is 0 Å². The number of rotatable bonds is 4. The number of aromatic nitrogens is 3. The molecule has 3 rings (SSSR count). The number of fused-ring (bicyclic) bond motifs is 1. The number of imidazole rings is 1. The smallest absolute Gasteiger partial charge is 0.180 e. The SMILES string of the molecule is CCN1CCCC(Nc2nc(NC)cn3ccnc23)C1. The lowest BCUT2D eigenvalue weighted by molar-refractivity contribution is 0.226. The van der Waals surface area contributed by atoms with Crippen LogP contribution in [0.1, 0.15) is 19.8 Å². The quantitative estimate of drug-likeness (QED) is 0.888. The molecular weight excluding hydrogens is 252 g/mol. The average Bonchev–Trinajstić information content (AvgIpc) is 2.96. The fourth-order valence-corrected chi connectivity index (χ4v) is 2.80. The number of hydrogen-bond acceptors (Lipinski definition) is 5. The number of likely N-dealkylation sites (tertiary alicyclic amines) is 1. The molecule has 2 N–H and O–H groups in total. The molecule has 1 aliphatic heterocycles. The summed E-state index contributed by atoms with van der Waals surface area (Å²) in [5.74, 6) is 1.71. The first kappa shape index (κ1) is 13.2. The maximum atomic E-state index is 4.61. The molecule has 1 aliphatic rings. The molecule has 108 valence electrons. The van der Waals surface area contributed by atoms with Crippen LogP contribution in [-0.2, 0) is 0 Å².